The molecule has 1 heterocycles. The lowest BCUT2D eigenvalue weighted by Crippen LogP contribution is -2.53. The highest BCUT2D eigenvalue weighted by Crippen LogP contribution is 2.43. The van der Waals surface area contributed by atoms with Gasteiger partial charge in [-0.3, -0.25) is 10.2 Å². The van der Waals surface area contributed by atoms with Gasteiger partial charge in [-0.25, -0.2) is 10.4 Å². The SMILES string of the molecule is COc1ccc(CNNC(=O)[C@@]2(Cc3ccccc3Br)N=C(c3ccc(OCCCO)cc3)O[C@H]2c2ccc(Br)cc2)cc1. The zero-order valence-electron chi connectivity index (χ0n) is 24.1. The fourth-order valence-electron chi connectivity index (χ4n) is 4.93. The highest BCUT2D eigenvalue weighted by molar-refractivity contribution is 9.10. The van der Waals surface area contributed by atoms with Crippen LogP contribution in [0.2, 0.25) is 0 Å². The summed E-state index contributed by atoms with van der Waals surface area (Å²) in [6.07, 6.45) is 0.101. The number of aliphatic imine (C=N–C) groups is 1. The number of hydrogen-bond acceptors (Lipinski definition) is 7. The first kappa shape index (κ1) is 31.7. The van der Waals surface area contributed by atoms with Gasteiger partial charge in [-0.1, -0.05) is 74.3 Å². The Morgan fingerprint density at radius 3 is 2.34 bits per heavy atom. The Balaban J connectivity index is 1.50. The number of methoxy groups -OCH3 is 1. The Bertz CT molecular complexity index is 1580. The van der Waals surface area contributed by atoms with E-state index in [0.29, 0.717) is 31.2 Å². The zero-order valence-corrected chi connectivity index (χ0v) is 27.3. The second kappa shape index (κ2) is 14.9. The van der Waals surface area contributed by atoms with Gasteiger partial charge in [0.05, 0.1) is 13.7 Å². The normalized spacial score (nSPS) is 17.5. The van der Waals surface area contributed by atoms with E-state index in [1.807, 2.05) is 97.1 Å². The van der Waals surface area contributed by atoms with E-state index in [2.05, 4.69) is 42.7 Å². The van der Waals surface area contributed by atoms with Gasteiger partial charge < -0.3 is 19.3 Å². The molecular weight excluding hydrogens is 690 g/mol. The molecule has 0 aromatic heterocycles. The van der Waals surface area contributed by atoms with Crippen LogP contribution in [0.15, 0.2) is 111 Å². The fraction of sp³-hybridized carbons (Fsp3) is 0.235. The fourth-order valence-corrected chi connectivity index (χ4v) is 5.62. The molecule has 4 aromatic rings. The summed E-state index contributed by atoms with van der Waals surface area (Å²) in [5.41, 5.74) is 8.09. The average Bonchev–Trinajstić information content (AvgIpc) is 3.43. The molecule has 8 nitrogen and oxygen atoms in total. The van der Waals surface area contributed by atoms with Gasteiger partial charge in [-0.15, -0.1) is 0 Å². The van der Waals surface area contributed by atoms with Gasteiger partial charge in [0.2, 0.25) is 5.90 Å². The van der Waals surface area contributed by atoms with Gasteiger partial charge in [-0.05, 0) is 71.3 Å². The van der Waals surface area contributed by atoms with Gasteiger partial charge in [0.25, 0.3) is 5.91 Å². The second-order valence-electron chi connectivity index (χ2n) is 10.3. The molecule has 10 heteroatoms. The largest absolute Gasteiger partial charge is 0.497 e. The van der Waals surface area contributed by atoms with Crippen LogP contribution in [0, 0.1) is 0 Å². The third-order valence-electron chi connectivity index (χ3n) is 7.27. The minimum Gasteiger partial charge on any atom is -0.497 e. The molecule has 1 aliphatic rings. The number of aliphatic hydroxyl groups excluding tert-OH is 1. The third kappa shape index (κ3) is 7.50. The smallest absolute Gasteiger partial charge is 0.266 e. The van der Waals surface area contributed by atoms with Crippen LogP contribution in [0.5, 0.6) is 11.5 Å². The lowest BCUT2D eigenvalue weighted by molar-refractivity contribution is -0.130. The van der Waals surface area contributed by atoms with Crippen molar-refractivity contribution in [1.29, 1.82) is 0 Å². The predicted molar refractivity (Wildman–Crippen MR) is 177 cm³/mol. The van der Waals surface area contributed by atoms with Crippen LogP contribution in [0.4, 0.5) is 0 Å². The number of nitrogens with zero attached hydrogens (tertiary/aromatic N) is 1. The van der Waals surface area contributed by atoms with E-state index in [1.165, 1.54) is 0 Å². The first-order chi connectivity index (χ1) is 21.4. The molecule has 4 aromatic carbocycles. The molecule has 0 bridgehead atoms. The van der Waals surface area contributed by atoms with Gasteiger partial charge >= 0.3 is 0 Å². The summed E-state index contributed by atoms with van der Waals surface area (Å²) in [6.45, 7) is 0.882. The number of hydrazine groups is 1. The molecule has 1 amide bonds. The first-order valence-electron chi connectivity index (χ1n) is 14.2. The Kier molecular flexibility index (Phi) is 10.7. The van der Waals surface area contributed by atoms with Gasteiger partial charge in [0.1, 0.15) is 11.5 Å². The number of ether oxygens (including phenoxy) is 3. The monoisotopic (exact) mass is 721 g/mol. The molecule has 0 aliphatic carbocycles. The average molecular weight is 723 g/mol. The molecule has 0 radical (unpaired) electrons. The number of nitrogens with one attached hydrogen (secondary N) is 2. The van der Waals surface area contributed by atoms with Gasteiger partial charge in [-0.2, -0.15) is 0 Å². The quantitative estimate of drug-likeness (QED) is 0.111. The summed E-state index contributed by atoms with van der Waals surface area (Å²) in [4.78, 5) is 19.4. The highest BCUT2D eigenvalue weighted by atomic mass is 79.9. The third-order valence-corrected chi connectivity index (χ3v) is 8.58. The van der Waals surface area contributed by atoms with Crippen molar-refractivity contribution in [1.82, 2.24) is 10.9 Å². The van der Waals surface area contributed by atoms with Crippen molar-refractivity contribution in [2.24, 2.45) is 4.99 Å². The minimum atomic E-state index is -1.35. The van der Waals surface area contributed by atoms with E-state index in [-0.39, 0.29) is 18.9 Å². The number of benzene rings is 4. The number of hydrogen-bond donors (Lipinski definition) is 3. The van der Waals surface area contributed by atoms with E-state index in [0.717, 1.165) is 36.9 Å². The molecule has 1 aliphatic heterocycles. The highest BCUT2D eigenvalue weighted by Gasteiger charge is 2.53. The van der Waals surface area contributed by atoms with Crippen LogP contribution in [-0.4, -0.2) is 42.8 Å². The molecule has 3 N–H and O–H groups in total. The molecule has 2 atom stereocenters. The van der Waals surface area contributed by atoms with E-state index in [4.69, 9.17) is 24.3 Å². The van der Waals surface area contributed by atoms with Gasteiger partial charge in [0, 0.05) is 40.5 Å². The maximum absolute atomic E-state index is 14.4. The van der Waals surface area contributed by atoms with Crippen molar-refractivity contribution in [2.45, 2.75) is 31.0 Å². The summed E-state index contributed by atoms with van der Waals surface area (Å²) >= 11 is 7.19. The molecule has 5 rings (SSSR count). The van der Waals surface area contributed by atoms with Crippen LogP contribution in [0.25, 0.3) is 0 Å². The van der Waals surface area contributed by atoms with Crippen molar-refractivity contribution < 1.29 is 24.1 Å². The number of carbonyl (C=O) groups is 1. The van der Waals surface area contributed by atoms with Crippen LogP contribution >= 0.6 is 31.9 Å². The number of amides is 1. The van der Waals surface area contributed by atoms with Gasteiger partial charge in [0.15, 0.2) is 11.6 Å². The number of aliphatic hydroxyl groups is 1. The standard InChI is InChI=1S/C34H33Br2N3O5/c1-42-28-15-7-23(8-16-28)22-37-39-33(41)34(21-26-5-2-3-6-30(26)36)31(24-9-13-27(35)14-10-24)44-32(38-34)25-11-17-29(18-12-25)43-20-4-19-40/h2-3,5-18,31,37,40H,4,19-22H2,1H3,(H,39,41)/t31-,34-/m0/s1. The summed E-state index contributed by atoms with van der Waals surface area (Å²) in [5.74, 6) is 1.47. The predicted octanol–water partition coefficient (Wildman–Crippen LogP) is 6.30. The van der Waals surface area contributed by atoms with E-state index in [1.54, 1.807) is 7.11 Å². The molecule has 0 saturated carbocycles. The number of halogens is 2. The second-order valence-corrected chi connectivity index (χ2v) is 12.0. The molecule has 0 spiro atoms. The molecule has 0 unspecified atom stereocenters. The zero-order chi connectivity index (χ0) is 30.9. The van der Waals surface area contributed by atoms with E-state index in [9.17, 15) is 4.79 Å². The maximum Gasteiger partial charge on any atom is 0.266 e. The number of carbonyl (C=O) groups excluding carboxylic acids is 1. The van der Waals surface area contributed by atoms with E-state index < -0.39 is 11.6 Å². The lowest BCUT2D eigenvalue weighted by Gasteiger charge is -2.31. The first-order valence-corrected chi connectivity index (χ1v) is 15.8. The molecule has 0 fully saturated rings. The minimum absolute atomic E-state index is 0.0663. The van der Waals surface area contributed by atoms with Crippen molar-refractivity contribution >= 4 is 43.7 Å². The van der Waals surface area contributed by atoms with Crippen LogP contribution < -0.4 is 20.3 Å². The summed E-state index contributed by atoms with van der Waals surface area (Å²) in [5, 5.41) is 9.05. The number of rotatable bonds is 13. The Hall–Kier alpha value is -3.70. The summed E-state index contributed by atoms with van der Waals surface area (Å²) in [7, 11) is 1.62. The van der Waals surface area contributed by atoms with Crippen molar-refractivity contribution in [3.05, 3.63) is 128 Å². The van der Waals surface area contributed by atoms with Crippen molar-refractivity contribution in [2.75, 3.05) is 20.3 Å². The van der Waals surface area contributed by atoms with Crippen LogP contribution in [0.1, 0.15) is 34.8 Å². The van der Waals surface area contributed by atoms with Crippen molar-refractivity contribution in [3.63, 3.8) is 0 Å². The Morgan fingerprint density at radius 2 is 1.66 bits per heavy atom. The summed E-state index contributed by atoms with van der Waals surface area (Å²) in [6, 6.07) is 30.6. The van der Waals surface area contributed by atoms with E-state index >= 15 is 0 Å². The molecule has 0 saturated heterocycles. The molecular formula is C34H33Br2N3O5. The molecule has 228 valence electrons. The Labute approximate surface area is 273 Å². The maximum atomic E-state index is 14.4. The topological polar surface area (TPSA) is 101 Å². The lowest BCUT2D eigenvalue weighted by atomic mass is 9.82. The van der Waals surface area contributed by atoms with Crippen LogP contribution in [-0.2, 0) is 22.5 Å². The Morgan fingerprint density at radius 1 is 0.955 bits per heavy atom. The summed E-state index contributed by atoms with van der Waals surface area (Å²) < 4.78 is 19.3. The molecule has 44 heavy (non-hydrogen) atoms. The van der Waals surface area contributed by atoms with Crippen molar-refractivity contribution in [3.8, 4) is 11.5 Å². The van der Waals surface area contributed by atoms with Crippen LogP contribution in [0.3, 0.4) is 0 Å².